The number of carbonyl (C=O) groups excluding carboxylic acids is 1. The van der Waals surface area contributed by atoms with Gasteiger partial charge in [-0.25, -0.2) is 4.79 Å². The first-order chi connectivity index (χ1) is 7.20. The van der Waals surface area contributed by atoms with Crippen LogP contribution in [0.25, 0.3) is 0 Å². The SMILES string of the molecule is CC1C(c2ccccc2)CCN1C(N)=O. The first-order valence-corrected chi connectivity index (χ1v) is 5.31. The van der Waals surface area contributed by atoms with E-state index in [2.05, 4.69) is 19.1 Å². The van der Waals surface area contributed by atoms with E-state index in [1.807, 2.05) is 18.2 Å². The standard InChI is InChI=1S/C12H16N2O/c1-9-11(7-8-14(9)12(13)15)10-5-3-2-4-6-10/h2-6,9,11H,7-8H2,1H3,(H2,13,15). The van der Waals surface area contributed by atoms with Gasteiger partial charge in [-0.2, -0.15) is 0 Å². The van der Waals surface area contributed by atoms with E-state index < -0.39 is 0 Å². The maximum Gasteiger partial charge on any atom is 0.315 e. The molecule has 3 nitrogen and oxygen atoms in total. The van der Waals surface area contributed by atoms with Crippen molar-refractivity contribution in [3.63, 3.8) is 0 Å². The van der Waals surface area contributed by atoms with Crippen molar-refractivity contribution < 1.29 is 4.79 Å². The Balaban J connectivity index is 2.17. The summed E-state index contributed by atoms with van der Waals surface area (Å²) >= 11 is 0. The number of hydrogen-bond acceptors (Lipinski definition) is 1. The molecule has 1 heterocycles. The van der Waals surface area contributed by atoms with Crippen LogP contribution < -0.4 is 5.73 Å². The molecule has 2 rings (SSSR count). The molecular formula is C12H16N2O. The van der Waals surface area contributed by atoms with E-state index in [1.54, 1.807) is 4.90 Å². The second-order valence-corrected chi connectivity index (χ2v) is 4.08. The summed E-state index contributed by atoms with van der Waals surface area (Å²) in [6.07, 6.45) is 1.01. The van der Waals surface area contributed by atoms with Gasteiger partial charge in [0, 0.05) is 18.5 Å². The molecule has 0 aromatic heterocycles. The number of primary amides is 1. The van der Waals surface area contributed by atoms with Crippen molar-refractivity contribution in [3.05, 3.63) is 35.9 Å². The third-order valence-corrected chi connectivity index (χ3v) is 3.27. The van der Waals surface area contributed by atoms with E-state index in [-0.39, 0.29) is 12.1 Å². The van der Waals surface area contributed by atoms with Crippen LogP contribution in [0.3, 0.4) is 0 Å². The molecule has 2 N–H and O–H groups in total. The number of nitrogens with two attached hydrogens (primary N) is 1. The Morgan fingerprint density at radius 2 is 2.07 bits per heavy atom. The normalized spacial score (nSPS) is 25.5. The van der Waals surface area contributed by atoms with E-state index in [0.717, 1.165) is 13.0 Å². The number of benzene rings is 1. The average molecular weight is 204 g/mol. The van der Waals surface area contributed by atoms with Gasteiger partial charge >= 0.3 is 6.03 Å². The minimum atomic E-state index is -0.305. The lowest BCUT2D eigenvalue weighted by molar-refractivity contribution is 0.204. The Bertz CT molecular complexity index is 350. The Morgan fingerprint density at radius 3 is 2.60 bits per heavy atom. The number of urea groups is 1. The lowest BCUT2D eigenvalue weighted by atomic mass is 9.93. The summed E-state index contributed by atoms with van der Waals surface area (Å²) in [6, 6.07) is 10.2. The molecule has 1 saturated heterocycles. The summed E-state index contributed by atoms with van der Waals surface area (Å²) in [5, 5.41) is 0. The highest BCUT2D eigenvalue weighted by atomic mass is 16.2. The van der Waals surface area contributed by atoms with E-state index in [0.29, 0.717) is 5.92 Å². The van der Waals surface area contributed by atoms with Gasteiger partial charge in [0.05, 0.1) is 0 Å². The summed E-state index contributed by atoms with van der Waals surface area (Å²) in [6.45, 7) is 2.84. The maximum atomic E-state index is 11.1. The van der Waals surface area contributed by atoms with E-state index in [4.69, 9.17) is 5.73 Å². The van der Waals surface area contributed by atoms with Gasteiger partial charge in [-0.05, 0) is 18.9 Å². The van der Waals surface area contributed by atoms with Gasteiger partial charge in [0.15, 0.2) is 0 Å². The fourth-order valence-corrected chi connectivity index (χ4v) is 2.40. The molecule has 2 amide bonds. The topological polar surface area (TPSA) is 46.3 Å². The third kappa shape index (κ3) is 1.82. The molecule has 0 radical (unpaired) electrons. The number of rotatable bonds is 1. The molecule has 1 aromatic carbocycles. The number of nitrogens with zero attached hydrogens (tertiary/aromatic N) is 1. The number of likely N-dealkylation sites (tertiary alicyclic amines) is 1. The summed E-state index contributed by atoms with van der Waals surface area (Å²) in [5.41, 5.74) is 6.62. The lowest BCUT2D eigenvalue weighted by Gasteiger charge is -2.23. The second kappa shape index (κ2) is 3.93. The smallest absolute Gasteiger partial charge is 0.315 e. The zero-order chi connectivity index (χ0) is 10.8. The van der Waals surface area contributed by atoms with Gasteiger partial charge in [-0.15, -0.1) is 0 Å². The largest absolute Gasteiger partial charge is 0.351 e. The molecule has 1 fully saturated rings. The minimum Gasteiger partial charge on any atom is -0.351 e. The molecule has 3 heteroatoms. The quantitative estimate of drug-likeness (QED) is 0.746. The molecule has 2 unspecified atom stereocenters. The van der Waals surface area contributed by atoms with Gasteiger partial charge < -0.3 is 10.6 Å². The van der Waals surface area contributed by atoms with E-state index in [9.17, 15) is 4.79 Å². The molecule has 80 valence electrons. The zero-order valence-corrected chi connectivity index (χ0v) is 8.89. The van der Waals surface area contributed by atoms with Crippen LogP contribution in [0.1, 0.15) is 24.8 Å². The summed E-state index contributed by atoms with van der Waals surface area (Å²) in [5.74, 6) is 0.429. The maximum absolute atomic E-state index is 11.1. The van der Waals surface area contributed by atoms with Crippen LogP contribution in [0.4, 0.5) is 4.79 Å². The lowest BCUT2D eigenvalue weighted by Crippen LogP contribution is -2.39. The first kappa shape index (κ1) is 10.0. The van der Waals surface area contributed by atoms with Crippen LogP contribution >= 0.6 is 0 Å². The highest BCUT2D eigenvalue weighted by molar-refractivity contribution is 5.73. The van der Waals surface area contributed by atoms with Crippen molar-refractivity contribution in [1.29, 1.82) is 0 Å². The number of carbonyl (C=O) groups is 1. The van der Waals surface area contributed by atoms with Gasteiger partial charge in [0.25, 0.3) is 0 Å². The van der Waals surface area contributed by atoms with Crippen LogP contribution in [-0.4, -0.2) is 23.5 Å². The van der Waals surface area contributed by atoms with Crippen LogP contribution in [-0.2, 0) is 0 Å². The molecule has 1 aliphatic heterocycles. The first-order valence-electron chi connectivity index (χ1n) is 5.31. The van der Waals surface area contributed by atoms with Crippen molar-refractivity contribution in [2.24, 2.45) is 5.73 Å². The van der Waals surface area contributed by atoms with Gasteiger partial charge in [-0.1, -0.05) is 30.3 Å². The molecule has 1 aliphatic rings. The molecule has 0 spiro atoms. The second-order valence-electron chi connectivity index (χ2n) is 4.08. The van der Waals surface area contributed by atoms with Crippen LogP contribution in [0, 0.1) is 0 Å². The molecule has 0 bridgehead atoms. The van der Waals surface area contributed by atoms with Gasteiger partial charge in [0.2, 0.25) is 0 Å². The zero-order valence-electron chi connectivity index (χ0n) is 8.89. The molecule has 2 atom stereocenters. The van der Waals surface area contributed by atoms with Crippen LogP contribution in [0.15, 0.2) is 30.3 Å². The predicted octanol–water partition coefficient (Wildman–Crippen LogP) is 1.94. The fraction of sp³-hybridized carbons (Fsp3) is 0.417. The van der Waals surface area contributed by atoms with Crippen molar-refractivity contribution in [2.75, 3.05) is 6.54 Å². The van der Waals surface area contributed by atoms with Crippen LogP contribution in [0.5, 0.6) is 0 Å². The molecule has 0 saturated carbocycles. The Labute approximate surface area is 89.9 Å². The van der Waals surface area contributed by atoms with Gasteiger partial charge in [-0.3, -0.25) is 0 Å². The Morgan fingerprint density at radius 1 is 1.40 bits per heavy atom. The molecule has 15 heavy (non-hydrogen) atoms. The molecule has 1 aromatic rings. The predicted molar refractivity (Wildman–Crippen MR) is 59.6 cm³/mol. The van der Waals surface area contributed by atoms with Crippen molar-refractivity contribution in [1.82, 2.24) is 4.90 Å². The number of amides is 2. The Kier molecular flexibility index (Phi) is 2.62. The van der Waals surface area contributed by atoms with E-state index in [1.165, 1.54) is 5.56 Å². The third-order valence-electron chi connectivity index (χ3n) is 3.27. The van der Waals surface area contributed by atoms with Crippen molar-refractivity contribution in [2.45, 2.75) is 25.3 Å². The fourth-order valence-electron chi connectivity index (χ4n) is 2.40. The molecular weight excluding hydrogens is 188 g/mol. The van der Waals surface area contributed by atoms with Crippen molar-refractivity contribution >= 4 is 6.03 Å². The number of hydrogen-bond donors (Lipinski definition) is 1. The average Bonchev–Trinajstić information content (AvgIpc) is 2.61. The summed E-state index contributed by atoms with van der Waals surface area (Å²) in [4.78, 5) is 12.9. The Hall–Kier alpha value is -1.51. The molecule has 0 aliphatic carbocycles. The monoisotopic (exact) mass is 204 g/mol. The minimum absolute atomic E-state index is 0.213. The van der Waals surface area contributed by atoms with E-state index >= 15 is 0 Å². The van der Waals surface area contributed by atoms with Crippen LogP contribution in [0.2, 0.25) is 0 Å². The summed E-state index contributed by atoms with van der Waals surface area (Å²) < 4.78 is 0. The van der Waals surface area contributed by atoms with Gasteiger partial charge in [0.1, 0.15) is 0 Å². The van der Waals surface area contributed by atoms with Crippen molar-refractivity contribution in [3.8, 4) is 0 Å². The highest BCUT2D eigenvalue weighted by Gasteiger charge is 2.33. The highest BCUT2D eigenvalue weighted by Crippen LogP contribution is 2.32. The summed E-state index contributed by atoms with van der Waals surface area (Å²) in [7, 11) is 0.